The van der Waals surface area contributed by atoms with Gasteiger partial charge in [-0.05, 0) is 25.1 Å². The number of fused-ring (bicyclic) bond motifs is 1. The number of nitrogens with one attached hydrogen (secondary N) is 1. The molecular formula is C15H10Cl3N3S. The van der Waals surface area contributed by atoms with E-state index in [0.717, 1.165) is 20.9 Å². The first-order chi connectivity index (χ1) is 10.6. The van der Waals surface area contributed by atoms with Gasteiger partial charge in [0.15, 0.2) is 0 Å². The fraction of sp³-hybridized carbons (Fsp3) is 0.0667. The molecule has 0 bridgehead atoms. The van der Waals surface area contributed by atoms with Crippen molar-refractivity contribution in [2.45, 2.75) is 6.92 Å². The van der Waals surface area contributed by atoms with Crippen molar-refractivity contribution in [3.63, 3.8) is 0 Å². The van der Waals surface area contributed by atoms with Gasteiger partial charge in [0.1, 0.15) is 0 Å². The van der Waals surface area contributed by atoms with E-state index in [9.17, 15) is 0 Å². The normalized spacial score (nSPS) is 11.9. The zero-order chi connectivity index (χ0) is 15.7. The summed E-state index contributed by atoms with van der Waals surface area (Å²) in [7, 11) is 0. The summed E-state index contributed by atoms with van der Waals surface area (Å²) >= 11 is 19.7. The van der Waals surface area contributed by atoms with Crippen molar-refractivity contribution < 1.29 is 0 Å². The Labute approximate surface area is 146 Å². The molecule has 0 fully saturated rings. The second-order valence-corrected chi connectivity index (χ2v) is 6.71. The smallest absolute Gasteiger partial charge is 0.204 e. The van der Waals surface area contributed by atoms with Crippen LogP contribution in [0.2, 0.25) is 15.1 Å². The molecule has 7 heteroatoms. The third-order valence-electron chi connectivity index (χ3n) is 3.04. The van der Waals surface area contributed by atoms with Gasteiger partial charge in [-0.1, -0.05) is 64.3 Å². The van der Waals surface area contributed by atoms with E-state index < -0.39 is 0 Å². The maximum Gasteiger partial charge on any atom is 0.204 e. The minimum Gasteiger partial charge on any atom is -0.252 e. The number of rotatable bonds is 3. The summed E-state index contributed by atoms with van der Waals surface area (Å²) in [5, 5.41) is 6.18. The highest BCUT2D eigenvalue weighted by Gasteiger charge is 2.11. The summed E-state index contributed by atoms with van der Waals surface area (Å²) in [5.41, 5.74) is 5.32. The Hall–Kier alpha value is -1.33. The summed E-state index contributed by atoms with van der Waals surface area (Å²) in [6, 6.07) is 11.4. The molecule has 0 amide bonds. The van der Waals surface area contributed by atoms with Crippen LogP contribution in [0.1, 0.15) is 12.5 Å². The highest BCUT2D eigenvalue weighted by Crippen LogP contribution is 2.33. The molecule has 0 spiro atoms. The lowest BCUT2D eigenvalue weighted by molar-refractivity contribution is 1.29. The Balaban J connectivity index is 1.87. The van der Waals surface area contributed by atoms with Crippen molar-refractivity contribution in [3.8, 4) is 0 Å². The monoisotopic (exact) mass is 369 g/mol. The van der Waals surface area contributed by atoms with Crippen molar-refractivity contribution >= 4 is 67.2 Å². The standard InChI is InChI=1S/C15H10Cl3N3S/c1-8(9-6-7-10(16)14(18)13(9)17)20-21-15-19-11-4-2-3-5-12(11)22-15/h2-7H,1H3,(H,19,21). The van der Waals surface area contributed by atoms with Gasteiger partial charge in [-0.25, -0.2) is 4.98 Å². The van der Waals surface area contributed by atoms with E-state index in [1.165, 1.54) is 11.3 Å². The number of thiazole rings is 1. The number of aromatic nitrogens is 1. The van der Waals surface area contributed by atoms with Crippen LogP contribution in [-0.4, -0.2) is 10.7 Å². The third-order valence-corrected chi connectivity index (χ3v) is 5.27. The molecular weight excluding hydrogens is 361 g/mol. The highest BCUT2D eigenvalue weighted by molar-refractivity contribution is 7.22. The van der Waals surface area contributed by atoms with Crippen molar-refractivity contribution in [3.05, 3.63) is 57.0 Å². The van der Waals surface area contributed by atoms with E-state index in [1.54, 1.807) is 12.1 Å². The van der Waals surface area contributed by atoms with Crippen LogP contribution < -0.4 is 5.43 Å². The lowest BCUT2D eigenvalue weighted by atomic mass is 10.1. The van der Waals surface area contributed by atoms with Crippen LogP contribution in [0.25, 0.3) is 10.2 Å². The minimum absolute atomic E-state index is 0.329. The van der Waals surface area contributed by atoms with Crippen LogP contribution in [0.5, 0.6) is 0 Å². The van der Waals surface area contributed by atoms with Crippen LogP contribution in [-0.2, 0) is 0 Å². The quantitative estimate of drug-likeness (QED) is 0.344. The zero-order valence-corrected chi connectivity index (χ0v) is 14.5. The lowest BCUT2D eigenvalue weighted by Crippen LogP contribution is -2.00. The summed E-state index contributed by atoms with van der Waals surface area (Å²) in [5.74, 6) is 0. The molecule has 112 valence electrons. The molecule has 0 radical (unpaired) electrons. The molecule has 3 rings (SSSR count). The molecule has 2 aromatic carbocycles. The first-order valence-corrected chi connectivity index (χ1v) is 8.31. The first kappa shape index (κ1) is 15.6. The highest BCUT2D eigenvalue weighted by atomic mass is 35.5. The largest absolute Gasteiger partial charge is 0.252 e. The van der Waals surface area contributed by atoms with Crippen LogP contribution in [0.4, 0.5) is 5.13 Å². The molecule has 1 heterocycles. The molecule has 0 aliphatic rings. The molecule has 3 nitrogen and oxygen atoms in total. The van der Waals surface area contributed by atoms with Gasteiger partial charge in [0.25, 0.3) is 0 Å². The fourth-order valence-electron chi connectivity index (χ4n) is 1.92. The van der Waals surface area contributed by atoms with Gasteiger partial charge >= 0.3 is 0 Å². The average molecular weight is 371 g/mol. The molecule has 0 saturated heterocycles. The van der Waals surface area contributed by atoms with Crippen molar-refractivity contribution in [1.29, 1.82) is 0 Å². The SMILES string of the molecule is CC(=NNc1nc2ccccc2s1)c1ccc(Cl)c(Cl)c1Cl. The maximum absolute atomic E-state index is 6.20. The van der Waals surface area contributed by atoms with Gasteiger partial charge in [0.2, 0.25) is 5.13 Å². The molecule has 3 aromatic rings. The Bertz CT molecular complexity index is 841. The van der Waals surface area contributed by atoms with Gasteiger partial charge in [0, 0.05) is 5.56 Å². The molecule has 0 aliphatic carbocycles. The molecule has 1 aromatic heterocycles. The number of halogens is 3. The Kier molecular flexibility index (Phi) is 4.54. The topological polar surface area (TPSA) is 37.3 Å². The predicted molar refractivity (Wildman–Crippen MR) is 96.9 cm³/mol. The minimum atomic E-state index is 0.329. The van der Waals surface area contributed by atoms with Crippen LogP contribution in [0, 0.1) is 0 Å². The average Bonchev–Trinajstić information content (AvgIpc) is 2.93. The second kappa shape index (κ2) is 6.42. The zero-order valence-electron chi connectivity index (χ0n) is 11.4. The van der Waals surface area contributed by atoms with Gasteiger partial charge in [-0.3, -0.25) is 5.43 Å². The van der Waals surface area contributed by atoms with E-state index in [-0.39, 0.29) is 0 Å². The molecule has 22 heavy (non-hydrogen) atoms. The van der Waals surface area contributed by atoms with Crippen LogP contribution in [0.15, 0.2) is 41.5 Å². The summed E-state index contributed by atoms with van der Waals surface area (Å²) in [4.78, 5) is 4.45. The Morgan fingerprint density at radius 3 is 2.64 bits per heavy atom. The van der Waals surface area contributed by atoms with Gasteiger partial charge in [0.05, 0.1) is 31.0 Å². The Morgan fingerprint density at radius 2 is 1.86 bits per heavy atom. The number of para-hydroxylation sites is 1. The summed E-state index contributed by atoms with van der Waals surface area (Å²) < 4.78 is 1.10. The van der Waals surface area contributed by atoms with Crippen molar-refractivity contribution in [1.82, 2.24) is 4.98 Å². The third kappa shape index (κ3) is 3.06. The lowest BCUT2D eigenvalue weighted by Gasteiger charge is -2.06. The number of nitrogens with zero attached hydrogens (tertiary/aromatic N) is 2. The summed E-state index contributed by atoms with van der Waals surface area (Å²) in [6.07, 6.45) is 0. The van der Waals surface area contributed by atoms with E-state index in [1.807, 2.05) is 31.2 Å². The van der Waals surface area contributed by atoms with E-state index in [2.05, 4.69) is 15.5 Å². The van der Waals surface area contributed by atoms with Gasteiger partial charge in [-0.2, -0.15) is 5.10 Å². The molecule has 0 saturated carbocycles. The number of anilines is 1. The van der Waals surface area contributed by atoms with E-state index >= 15 is 0 Å². The first-order valence-electron chi connectivity index (χ1n) is 6.36. The summed E-state index contributed by atoms with van der Waals surface area (Å²) in [6.45, 7) is 1.84. The predicted octanol–water partition coefficient (Wildman–Crippen LogP) is 6.09. The molecule has 0 aliphatic heterocycles. The van der Waals surface area contributed by atoms with Crippen molar-refractivity contribution in [2.75, 3.05) is 5.43 Å². The maximum atomic E-state index is 6.20. The molecule has 0 unspecified atom stereocenters. The number of hydrogen-bond donors (Lipinski definition) is 1. The number of benzene rings is 2. The van der Waals surface area contributed by atoms with E-state index in [0.29, 0.717) is 20.8 Å². The van der Waals surface area contributed by atoms with Gasteiger partial charge < -0.3 is 0 Å². The fourth-order valence-corrected chi connectivity index (χ4v) is 3.40. The Morgan fingerprint density at radius 1 is 1.09 bits per heavy atom. The van der Waals surface area contributed by atoms with Crippen LogP contribution >= 0.6 is 46.1 Å². The van der Waals surface area contributed by atoms with Crippen LogP contribution in [0.3, 0.4) is 0 Å². The number of hydrazone groups is 1. The number of hydrogen-bond acceptors (Lipinski definition) is 4. The second-order valence-electron chi connectivity index (χ2n) is 4.52. The van der Waals surface area contributed by atoms with Gasteiger partial charge in [-0.15, -0.1) is 0 Å². The van der Waals surface area contributed by atoms with E-state index in [4.69, 9.17) is 34.8 Å². The molecule has 0 atom stereocenters. The van der Waals surface area contributed by atoms with Crippen molar-refractivity contribution in [2.24, 2.45) is 5.10 Å². The molecule has 1 N–H and O–H groups in total.